The zero-order valence-corrected chi connectivity index (χ0v) is 16.5. The SMILES string of the molecule is CCc1ccc([N+](=O)[O-])cc1S(=O)(=O)N1CCC(NCC2CC2)CC1.Cl. The van der Waals surface area contributed by atoms with Gasteiger partial charge in [0.2, 0.25) is 10.0 Å². The lowest BCUT2D eigenvalue weighted by Gasteiger charge is -2.32. The molecule has 1 saturated carbocycles. The molecule has 26 heavy (non-hydrogen) atoms. The molecule has 1 N–H and O–H groups in total. The van der Waals surface area contributed by atoms with Gasteiger partial charge in [-0.1, -0.05) is 13.0 Å². The van der Waals surface area contributed by atoms with Crippen LogP contribution in [0.4, 0.5) is 5.69 Å². The average Bonchev–Trinajstić information content (AvgIpc) is 3.44. The van der Waals surface area contributed by atoms with Gasteiger partial charge in [0.05, 0.1) is 9.82 Å². The highest BCUT2D eigenvalue weighted by atomic mass is 35.5. The monoisotopic (exact) mass is 403 g/mol. The molecule has 3 rings (SSSR count). The molecule has 9 heteroatoms. The molecule has 1 saturated heterocycles. The number of halogens is 1. The predicted molar refractivity (Wildman–Crippen MR) is 102 cm³/mol. The highest BCUT2D eigenvalue weighted by molar-refractivity contribution is 7.89. The maximum Gasteiger partial charge on any atom is 0.270 e. The lowest BCUT2D eigenvalue weighted by atomic mass is 10.1. The first-order valence-electron chi connectivity index (χ1n) is 8.92. The van der Waals surface area contributed by atoms with E-state index in [9.17, 15) is 18.5 Å². The number of nitro groups is 1. The van der Waals surface area contributed by atoms with E-state index in [0.717, 1.165) is 25.3 Å². The van der Waals surface area contributed by atoms with Crippen molar-refractivity contribution in [1.82, 2.24) is 9.62 Å². The molecule has 2 aliphatic rings. The van der Waals surface area contributed by atoms with Crippen molar-refractivity contribution in [3.8, 4) is 0 Å². The van der Waals surface area contributed by atoms with Gasteiger partial charge in [0.15, 0.2) is 0 Å². The number of aryl methyl sites for hydroxylation is 1. The summed E-state index contributed by atoms with van der Waals surface area (Å²) in [6.07, 6.45) is 4.68. The van der Waals surface area contributed by atoms with Crippen molar-refractivity contribution in [3.63, 3.8) is 0 Å². The summed E-state index contributed by atoms with van der Waals surface area (Å²) in [5, 5.41) is 14.6. The van der Waals surface area contributed by atoms with E-state index in [4.69, 9.17) is 0 Å². The van der Waals surface area contributed by atoms with Crippen LogP contribution in [-0.4, -0.2) is 43.3 Å². The van der Waals surface area contributed by atoms with E-state index in [-0.39, 0.29) is 23.0 Å². The number of non-ortho nitro benzene ring substituents is 1. The Kier molecular flexibility index (Phi) is 7.01. The van der Waals surface area contributed by atoms with Crippen LogP contribution in [-0.2, 0) is 16.4 Å². The standard InChI is InChI=1S/C17H25N3O4S.ClH/c1-2-14-5-6-16(20(21)22)11-17(14)25(23,24)19-9-7-15(8-10-19)18-12-13-3-4-13;/h5-6,11,13,15,18H,2-4,7-10,12H2,1H3;1H. The Morgan fingerprint density at radius 3 is 2.42 bits per heavy atom. The normalized spacial score (nSPS) is 19.1. The summed E-state index contributed by atoms with van der Waals surface area (Å²) in [5.41, 5.74) is 0.441. The number of piperidine rings is 1. The number of nitrogens with zero attached hydrogens (tertiary/aromatic N) is 2. The summed E-state index contributed by atoms with van der Waals surface area (Å²) < 4.78 is 27.5. The lowest BCUT2D eigenvalue weighted by Crippen LogP contribution is -2.45. The van der Waals surface area contributed by atoms with E-state index in [2.05, 4.69) is 5.32 Å². The zero-order valence-electron chi connectivity index (χ0n) is 14.9. The van der Waals surface area contributed by atoms with Gasteiger partial charge in [-0.2, -0.15) is 4.31 Å². The molecule has 0 spiro atoms. The van der Waals surface area contributed by atoms with Crippen LogP contribution >= 0.6 is 12.4 Å². The minimum atomic E-state index is -3.70. The molecule has 7 nitrogen and oxygen atoms in total. The summed E-state index contributed by atoms with van der Waals surface area (Å²) in [4.78, 5) is 10.5. The maximum atomic E-state index is 13.0. The Bertz CT molecular complexity index is 744. The number of nitrogens with one attached hydrogen (secondary N) is 1. The first kappa shape index (κ1) is 21.1. The predicted octanol–water partition coefficient (Wildman–Crippen LogP) is 2.73. The van der Waals surface area contributed by atoms with Gasteiger partial charge in [-0.25, -0.2) is 8.42 Å². The smallest absolute Gasteiger partial charge is 0.270 e. The third kappa shape index (κ3) is 4.73. The third-order valence-electron chi connectivity index (χ3n) is 5.11. The molecule has 0 bridgehead atoms. The van der Waals surface area contributed by atoms with Gasteiger partial charge >= 0.3 is 0 Å². The molecule has 0 amide bonds. The Hall–Kier alpha value is -1.22. The Balaban J connectivity index is 0.00000243. The number of hydrogen-bond acceptors (Lipinski definition) is 5. The van der Waals surface area contributed by atoms with E-state index in [1.54, 1.807) is 6.07 Å². The van der Waals surface area contributed by atoms with Crippen LogP contribution < -0.4 is 5.32 Å². The number of rotatable bonds is 7. The topological polar surface area (TPSA) is 92.5 Å². The molecule has 1 aromatic rings. The zero-order chi connectivity index (χ0) is 18.0. The number of sulfonamides is 1. The molecular weight excluding hydrogens is 378 g/mol. The van der Waals surface area contributed by atoms with E-state index in [1.165, 1.54) is 29.3 Å². The fourth-order valence-corrected chi connectivity index (χ4v) is 5.07. The summed E-state index contributed by atoms with van der Waals surface area (Å²) >= 11 is 0. The molecule has 1 heterocycles. The molecular formula is C17H26ClN3O4S. The molecule has 0 aromatic heterocycles. The van der Waals surface area contributed by atoms with Gasteiger partial charge in [-0.3, -0.25) is 10.1 Å². The van der Waals surface area contributed by atoms with Gasteiger partial charge in [0.25, 0.3) is 5.69 Å². The molecule has 1 aliphatic heterocycles. The fourth-order valence-electron chi connectivity index (χ4n) is 3.28. The van der Waals surface area contributed by atoms with E-state index >= 15 is 0 Å². The van der Waals surface area contributed by atoms with Crippen LogP contribution in [0, 0.1) is 16.0 Å². The highest BCUT2D eigenvalue weighted by Crippen LogP contribution is 2.29. The second kappa shape index (κ2) is 8.65. The minimum Gasteiger partial charge on any atom is -0.314 e. The van der Waals surface area contributed by atoms with Gasteiger partial charge < -0.3 is 5.32 Å². The summed E-state index contributed by atoms with van der Waals surface area (Å²) in [7, 11) is -3.70. The van der Waals surface area contributed by atoms with Crippen molar-refractivity contribution in [2.45, 2.75) is 50.0 Å². The first-order chi connectivity index (χ1) is 11.9. The van der Waals surface area contributed by atoms with Gasteiger partial charge in [-0.05, 0) is 50.1 Å². The quantitative estimate of drug-likeness (QED) is 0.558. The van der Waals surface area contributed by atoms with Crippen LogP contribution in [0.25, 0.3) is 0 Å². The summed E-state index contributed by atoms with van der Waals surface area (Å²) in [5.74, 6) is 0.804. The number of hydrogen-bond donors (Lipinski definition) is 1. The largest absolute Gasteiger partial charge is 0.314 e. The Morgan fingerprint density at radius 1 is 1.23 bits per heavy atom. The van der Waals surface area contributed by atoms with Crippen molar-refractivity contribution in [1.29, 1.82) is 0 Å². The van der Waals surface area contributed by atoms with E-state index < -0.39 is 14.9 Å². The van der Waals surface area contributed by atoms with E-state index in [1.807, 2.05) is 6.92 Å². The second-order valence-electron chi connectivity index (χ2n) is 6.93. The van der Waals surface area contributed by atoms with Gasteiger partial charge in [0, 0.05) is 31.3 Å². The maximum absolute atomic E-state index is 13.0. The van der Waals surface area contributed by atoms with Crippen molar-refractivity contribution in [2.24, 2.45) is 5.92 Å². The van der Waals surface area contributed by atoms with Crippen LogP contribution in [0.1, 0.15) is 38.2 Å². The molecule has 1 aromatic carbocycles. The first-order valence-corrected chi connectivity index (χ1v) is 10.4. The Labute approximate surface area is 160 Å². The molecule has 146 valence electrons. The van der Waals surface area contributed by atoms with Crippen LogP contribution in [0.3, 0.4) is 0 Å². The fraction of sp³-hybridized carbons (Fsp3) is 0.647. The van der Waals surface area contributed by atoms with Crippen molar-refractivity contribution in [2.75, 3.05) is 19.6 Å². The Morgan fingerprint density at radius 2 is 1.88 bits per heavy atom. The molecule has 0 atom stereocenters. The minimum absolute atomic E-state index is 0. The number of benzene rings is 1. The van der Waals surface area contributed by atoms with Crippen LogP contribution in [0.2, 0.25) is 0 Å². The summed E-state index contributed by atoms with van der Waals surface area (Å²) in [6, 6.07) is 4.48. The third-order valence-corrected chi connectivity index (χ3v) is 7.09. The van der Waals surface area contributed by atoms with Crippen LogP contribution in [0.15, 0.2) is 23.1 Å². The summed E-state index contributed by atoms with van der Waals surface area (Å²) in [6.45, 7) is 3.80. The number of nitro benzene ring substituents is 1. The highest BCUT2D eigenvalue weighted by Gasteiger charge is 2.32. The van der Waals surface area contributed by atoms with Gasteiger partial charge in [-0.15, -0.1) is 12.4 Å². The lowest BCUT2D eigenvalue weighted by molar-refractivity contribution is -0.385. The van der Waals surface area contributed by atoms with Crippen LogP contribution in [0.5, 0.6) is 0 Å². The molecule has 0 unspecified atom stereocenters. The van der Waals surface area contributed by atoms with Crippen molar-refractivity contribution < 1.29 is 13.3 Å². The second-order valence-corrected chi connectivity index (χ2v) is 8.84. The molecule has 2 fully saturated rings. The van der Waals surface area contributed by atoms with Crippen molar-refractivity contribution in [3.05, 3.63) is 33.9 Å². The molecule has 0 radical (unpaired) electrons. The molecule has 1 aliphatic carbocycles. The van der Waals surface area contributed by atoms with Gasteiger partial charge in [0.1, 0.15) is 0 Å². The van der Waals surface area contributed by atoms with E-state index in [0.29, 0.717) is 31.1 Å². The van der Waals surface area contributed by atoms with Crippen molar-refractivity contribution >= 4 is 28.1 Å². The average molecular weight is 404 g/mol.